The van der Waals surface area contributed by atoms with Gasteiger partial charge in [0, 0.05) is 4.90 Å². The number of anilines is 1. The standard InChI is InChI=1S/C11H10N2O2S/c1-15-7-3-2-4-8-10(7)13-11(14)9(16-8)5-6-12/h2-4,9H,5H2,1H3,(H,13,14). The lowest BCUT2D eigenvalue weighted by Gasteiger charge is -2.23. The van der Waals surface area contributed by atoms with Gasteiger partial charge in [-0.3, -0.25) is 4.79 Å². The number of hydrogen-bond donors (Lipinski definition) is 1. The molecule has 5 heteroatoms. The van der Waals surface area contributed by atoms with E-state index in [1.54, 1.807) is 13.2 Å². The molecule has 16 heavy (non-hydrogen) atoms. The van der Waals surface area contributed by atoms with Gasteiger partial charge in [0.15, 0.2) is 0 Å². The minimum atomic E-state index is -0.329. The molecule has 0 fully saturated rings. The zero-order chi connectivity index (χ0) is 11.5. The van der Waals surface area contributed by atoms with Crippen LogP contribution in [0.5, 0.6) is 5.75 Å². The Labute approximate surface area is 97.6 Å². The maximum absolute atomic E-state index is 11.7. The Morgan fingerprint density at radius 2 is 2.44 bits per heavy atom. The molecule has 0 spiro atoms. The van der Waals surface area contributed by atoms with Gasteiger partial charge in [-0.05, 0) is 12.1 Å². The summed E-state index contributed by atoms with van der Waals surface area (Å²) >= 11 is 1.40. The minimum absolute atomic E-state index is 0.136. The third-order valence-corrected chi connectivity index (χ3v) is 3.55. The minimum Gasteiger partial charge on any atom is -0.495 e. The number of carbonyl (C=O) groups is 1. The number of benzene rings is 1. The number of fused-ring (bicyclic) bond motifs is 1. The summed E-state index contributed by atoms with van der Waals surface area (Å²) in [4.78, 5) is 12.6. The Hall–Kier alpha value is -1.67. The molecular weight excluding hydrogens is 224 g/mol. The average Bonchev–Trinajstić information content (AvgIpc) is 2.30. The van der Waals surface area contributed by atoms with Crippen LogP contribution in [0, 0.1) is 11.3 Å². The van der Waals surface area contributed by atoms with Gasteiger partial charge in [0.2, 0.25) is 5.91 Å². The zero-order valence-electron chi connectivity index (χ0n) is 8.69. The fraction of sp³-hybridized carbons (Fsp3) is 0.273. The topological polar surface area (TPSA) is 62.1 Å². The molecule has 1 amide bonds. The van der Waals surface area contributed by atoms with Crippen molar-refractivity contribution in [2.75, 3.05) is 12.4 Å². The van der Waals surface area contributed by atoms with E-state index in [0.29, 0.717) is 11.4 Å². The van der Waals surface area contributed by atoms with Gasteiger partial charge in [-0.1, -0.05) is 6.07 Å². The van der Waals surface area contributed by atoms with Crippen LogP contribution < -0.4 is 10.1 Å². The number of thioether (sulfide) groups is 1. The Kier molecular flexibility index (Phi) is 3.02. The van der Waals surface area contributed by atoms with Gasteiger partial charge in [-0.25, -0.2) is 0 Å². The third kappa shape index (κ3) is 1.84. The maximum atomic E-state index is 11.7. The van der Waals surface area contributed by atoms with E-state index in [4.69, 9.17) is 10.00 Å². The number of amides is 1. The van der Waals surface area contributed by atoms with Crippen molar-refractivity contribution in [3.63, 3.8) is 0 Å². The van der Waals surface area contributed by atoms with Crippen LogP contribution in [-0.2, 0) is 4.79 Å². The van der Waals surface area contributed by atoms with Crippen molar-refractivity contribution in [2.24, 2.45) is 0 Å². The Morgan fingerprint density at radius 3 is 3.12 bits per heavy atom. The molecule has 2 rings (SSSR count). The van der Waals surface area contributed by atoms with Crippen molar-refractivity contribution in [1.29, 1.82) is 5.26 Å². The molecule has 0 saturated heterocycles. The van der Waals surface area contributed by atoms with Crippen LogP contribution in [-0.4, -0.2) is 18.3 Å². The molecule has 1 aromatic carbocycles. The highest BCUT2D eigenvalue weighted by atomic mass is 32.2. The number of nitrogens with zero attached hydrogens (tertiary/aromatic N) is 1. The summed E-state index contributed by atoms with van der Waals surface area (Å²) in [6.45, 7) is 0. The second kappa shape index (κ2) is 4.45. The Bertz CT molecular complexity index is 468. The number of methoxy groups -OCH3 is 1. The SMILES string of the molecule is COc1cccc2c1NC(=O)C(CC#N)S2. The molecule has 0 aliphatic carbocycles. The van der Waals surface area contributed by atoms with Gasteiger partial charge in [-0.15, -0.1) is 11.8 Å². The fourth-order valence-corrected chi connectivity index (χ4v) is 2.59. The molecule has 1 N–H and O–H groups in total. The first-order valence-corrected chi connectivity index (χ1v) is 5.65. The van der Waals surface area contributed by atoms with E-state index in [1.165, 1.54) is 11.8 Å². The van der Waals surface area contributed by atoms with Gasteiger partial charge in [0.25, 0.3) is 0 Å². The van der Waals surface area contributed by atoms with E-state index in [2.05, 4.69) is 5.32 Å². The van der Waals surface area contributed by atoms with Crippen molar-refractivity contribution < 1.29 is 9.53 Å². The summed E-state index contributed by atoms with van der Waals surface area (Å²) < 4.78 is 5.16. The van der Waals surface area contributed by atoms with E-state index in [0.717, 1.165) is 4.90 Å². The van der Waals surface area contributed by atoms with E-state index >= 15 is 0 Å². The number of carbonyl (C=O) groups excluding carboxylic acids is 1. The van der Waals surface area contributed by atoms with Crippen LogP contribution in [0.2, 0.25) is 0 Å². The highest BCUT2D eigenvalue weighted by Gasteiger charge is 2.28. The highest BCUT2D eigenvalue weighted by molar-refractivity contribution is 8.01. The van der Waals surface area contributed by atoms with Crippen molar-refractivity contribution in [2.45, 2.75) is 16.6 Å². The van der Waals surface area contributed by atoms with Gasteiger partial charge < -0.3 is 10.1 Å². The van der Waals surface area contributed by atoms with E-state index in [1.807, 2.05) is 18.2 Å². The van der Waals surface area contributed by atoms with Crippen LogP contribution in [0.3, 0.4) is 0 Å². The molecule has 0 aromatic heterocycles. The van der Waals surface area contributed by atoms with E-state index < -0.39 is 0 Å². The lowest BCUT2D eigenvalue weighted by molar-refractivity contribution is -0.115. The maximum Gasteiger partial charge on any atom is 0.239 e. The molecule has 0 bridgehead atoms. The molecule has 4 nitrogen and oxygen atoms in total. The fourth-order valence-electron chi connectivity index (χ4n) is 1.53. The Morgan fingerprint density at radius 1 is 1.62 bits per heavy atom. The van der Waals surface area contributed by atoms with Crippen molar-refractivity contribution >= 4 is 23.4 Å². The third-order valence-electron chi connectivity index (χ3n) is 2.29. The molecule has 82 valence electrons. The summed E-state index contributed by atoms with van der Waals surface area (Å²) in [5.74, 6) is 0.511. The van der Waals surface area contributed by atoms with Gasteiger partial charge in [-0.2, -0.15) is 5.26 Å². The first-order chi connectivity index (χ1) is 7.76. The zero-order valence-corrected chi connectivity index (χ0v) is 9.50. The molecule has 1 atom stereocenters. The number of para-hydroxylation sites is 1. The lowest BCUT2D eigenvalue weighted by Crippen LogP contribution is -2.28. The molecule has 0 radical (unpaired) electrons. The average molecular weight is 234 g/mol. The van der Waals surface area contributed by atoms with E-state index in [-0.39, 0.29) is 17.6 Å². The lowest BCUT2D eigenvalue weighted by atomic mass is 10.2. The van der Waals surface area contributed by atoms with Crippen LogP contribution in [0.25, 0.3) is 0 Å². The predicted molar refractivity (Wildman–Crippen MR) is 61.5 cm³/mol. The summed E-state index contributed by atoms with van der Waals surface area (Å²) in [6.07, 6.45) is 0.215. The number of nitrogens with one attached hydrogen (secondary N) is 1. The smallest absolute Gasteiger partial charge is 0.239 e. The largest absolute Gasteiger partial charge is 0.495 e. The van der Waals surface area contributed by atoms with Gasteiger partial charge in [0.05, 0.1) is 25.3 Å². The number of hydrogen-bond acceptors (Lipinski definition) is 4. The van der Waals surface area contributed by atoms with Gasteiger partial charge in [0.1, 0.15) is 11.0 Å². The second-order valence-electron chi connectivity index (χ2n) is 3.29. The molecule has 0 saturated carbocycles. The summed E-state index contributed by atoms with van der Waals surface area (Å²) in [5, 5.41) is 11.1. The quantitative estimate of drug-likeness (QED) is 0.850. The summed E-state index contributed by atoms with van der Waals surface area (Å²) in [5.41, 5.74) is 0.703. The number of ether oxygens (including phenoxy) is 1. The van der Waals surface area contributed by atoms with Crippen molar-refractivity contribution in [3.8, 4) is 11.8 Å². The normalized spacial score (nSPS) is 18.2. The van der Waals surface area contributed by atoms with Gasteiger partial charge >= 0.3 is 0 Å². The molecule has 1 aliphatic heterocycles. The first-order valence-electron chi connectivity index (χ1n) is 4.77. The second-order valence-corrected chi connectivity index (χ2v) is 4.54. The monoisotopic (exact) mass is 234 g/mol. The molecule has 1 aliphatic rings. The number of nitriles is 1. The van der Waals surface area contributed by atoms with Crippen LogP contribution in [0.4, 0.5) is 5.69 Å². The van der Waals surface area contributed by atoms with Crippen LogP contribution in [0.1, 0.15) is 6.42 Å². The van der Waals surface area contributed by atoms with Crippen molar-refractivity contribution in [3.05, 3.63) is 18.2 Å². The molecule has 1 heterocycles. The predicted octanol–water partition coefficient (Wildman–Crippen LogP) is 2.02. The molecule has 1 aromatic rings. The Balaban J connectivity index is 2.35. The van der Waals surface area contributed by atoms with E-state index in [9.17, 15) is 4.79 Å². The summed E-state index contributed by atoms with van der Waals surface area (Å²) in [6, 6.07) is 7.59. The van der Waals surface area contributed by atoms with Crippen LogP contribution >= 0.6 is 11.8 Å². The first kappa shape index (κ1) is 10.8. The summed E-state index contributed by atoms with van der Waals surface area (Å²) in [7, 11) is 1.56. The number of rotatable bonds is 2. The molecular formula is C11H10N2O2S. The molecule has 1 unspecified atom stereocenters. The van der Waals surface area contributed by atoms with Crippen LogP contribution in [0.15, 0.2) is 23.1 Å². The van der Waals surface area contributed by atoms with Crippen molar-refractivity contribution in [1.82, 2.24) is 0 Å². The highest BCUT2D eigenvalue weighted by Crippen LogP contribution is 2.41.